The fourth-order valence-electron chi connectivity index (χ4n) is 1.40. The van der Waals surface area contributed by atoms with Crippen molar-refractivity contribution in [1.29, 1.82) is 0 Å². The summed E-state index contributed by atoms with van der Waals surface area (Å²) in [4.78, 5) is 6.50. The van der Waals surface area contributed by atoms with Crippen molar-refractivity contribution in [3.05, 3.63) is 11.1 Å². The Kier molecular flexibility index (Phi) is 2.02. The van der Waals surface area contributed by atoms with E-state index in [0.29, 0.717) is 0 Å². The van der Waals surface area contributed by atoms with Gasteiger partial charge in [0.15, 0.2) is 5.13 Å². The molecule has 1 atom stereocenters. The topological polar surface area (TPSA) is 36.4 Å². The molecule has 12 heavy (non-hydrogen) atoms. The normalized spacial score (nSPS) is 23.5. The molecule has 0 unspecified atom stereocenters. The number of nitrogens with zero attached hydrogens (tertiary/aromatic N) is 2. The number of aliphatic hydroxyl groups is 1. The van der Waals surface area contributed by atoms with Crippen molar-refractivity contribution in [2.24, 2.45) is 0 Å². The first kappa shape index (κ1) is 8.01. The SMILES string of the molecule is Cc1csc(N2CC[C@H](O)C2)n1. The van der Waals surface area contributed by atoms with E-state index in [-0.39, 0.29) is 6.10 Å². The summed E-state index contributed by atoms with van der Waals surface area (Å²) in [5.74, 6) is 0. The van der Waals surface area contributed by atoms with Crippen LogP contribution in [0.3, 0.4) is 0 Å². The molecule has 66 valence electrons. The number of thiazole rings is 1. The molecule has 2 heterocycles. The highest BCUT2D eigenvalue weighted by Gasteiger charge is 2.21. The molecule has 0 spiro atoms. The van der Waals surface area contributed by atoms with E-state index < -0.39 is 0 Å². The van der Waals surface area contributed by atoms with Gasteiger partial charge in [-0.25, -0.2) is 4.98 Å². The molecule has 1 aromatic rings. The Balaban J connectivity index is 2.11. The van der Waals surface area contributed by atoms with Crippen molar-refractivity contribution in [3.8, 4) is 0 Å². The standard InChI is InChI=1S/C8H12N2OS/c1-6-5-12-8(9-6)10-3-2-7(11)4-10/h5,7,11H,2-4H2,1H3/t7-/m0/s1. The van der Waals surface area contributed by atoms with Crippen molar-refractivity contribution < 1.29 is 5.11 Å². The van der Waals surface area contributed by atoms with E-state index in [4.69, 9.17) is 0 Å². The predicted molar refractivity (Wildman–Crippen MR) is 49.7 cm³/mol. The van der Waals surface area contributed by atoms with E-state index in [9.17, 15) is 5.11 Å². The van der Waals surface area contributed by atoms with Crippen molar-refractivity contribution in [2.75, 3.05) is 18.0 Å². The van der Waals surface area contributed by atoms with Gasteiger partial charge in [0.25, 0.3) is 0 Å². The van der Waals surface area contributed by atoms with Crippen molar-refractivity contribution in [3.63, 3.8) is 0 Å². The smallest absolute Gasteiger partial charge is 0.185 e. The van der Waals surface area contributed by atoms with Crippen molar-refractivity contribution in [1.82, 2.24) is 4.98 Å². The first-order chi connectivity index (χ1) is 5.75. The quantitative estimate of drug-likeness (QED) is 0.708. The van der Waals surface area contributed by atoms with Gasteiger partial charge in [0.1, 0.15) is 0 Å². The molecule has 1 aliphatic rings. The van der Waals surface area contributed by atoms with Crippen LogP contribution < -0.4 is 4.90 Å². The molecule has 1 N–H and O–H groups in total. The van der Waals surface area contributed by atoms with Gasteiger partial charge >= 0.3 is 0 Å². The van der Waals surface area contributed by atoms with Crippen LogP contribution in [0, 0.1) is 6.92 Å². The Labute approximate surface area is 75.7 Å². The molecular formula is C8H12N2OS. The monoisotopic (exact) mass is 184 g/mol. The maximum Gasteiger partial charge on any atom is 0.185 e. The van der Waals surface area contributed by atoms with Crippen LogP contribution in [-0.2, 0) is 0 Å². The average molecular weight is 184 g/mol. The highest BCUT2D eigenvalue weighted by molar-refractivity contribution is 7.13. The van der Waals surface area contributed by atoms with Crippen LogP contribution >= 0.6 is 11.3 Å². The third kappa shape index (κ3) is 1.44. The summed E-state index contributed by atoms with van der Waals surface area (Å²) in [5.41, 5.74) is 1.07. The average Bonchev–Trinajstić information content (AvgIpc) is 2.58. The summed E-state index contributed by atoms with van der Waals surface area (Å²) in [5, 5.41) is 12.4. The minimum atomic E-state index is -0.158. The Hall–Kier alpha value is -0.610. The predicted octanol–water partition coefficient (Wildman–Crippen LogP) is 1.02. The van der Waals surface area contributed by atoms with Crippen LogP contribution in [-0.4, -0.2) is 29.3 Å². The van der Waals surface area contributed by atoms with Gasteiger partial charge < -0.3 is 10.0 Å². The van der Waals surface area contributed by atoms with Gasteiger partial charge in [0, 0.05) is 18.5 Å². The molecular weight excluding hydrogens is 172 g/mol. The molecule has 0 radical (unpaired) electrons. The molecule has 2 rings (SSSR count). The molecule has 4 heteroatoms. The van der Waals surface area contributed by atoms with E-state index in [0.717, 1.165) is 30.3 Å². The summed E-state index contributed by atoms with van der Waals surface area (Å²) >= 11 is 1.65. The minimum absolute atomic E-state index is 0.158. The third-order valence-corrected chi connectivity index (χ3v) is 3.06. The Bertz CT molecular complexity index is 274. The van der Waals surface area contributed by atoms with Crippen LogP contribution in [0.15, 0.2) is 5.38 Å². The molecule has 0 saturated carbocycles. The zero-order valence-electron chi connectivity index (χ0n) is 7.03. The first-order valence-corrected chi connectivity index (χ1v) is 4.99. The molecule has 0 aliphatic carbocycles. The van der Waals surface area contributed by atoms with Crippen LogP contribution in [0.25, 0.3) is 0 Å². The maximum atomic E-state index is 9.30. The highest BCUT2D eigenvalue weighted by Crippen LogP contribution is 2.23. The Morgan fingerprint density at radius 3 is 3.08 bits per heavy atom. The second-order valence-electron chi connectivity index (χ2n) is 3.16. The summed E-state index contributed by atoms with van der Waals surface area (Å²) in [6.07, 6.45) is 0.715. The molecule has 3 nitrogen and oxygen atoms in total. The van der Waals surface area contributed by atoms with Crippen LogP contribution in [0.4, 0.5) is 5.13 Å². The third-order valence-electron chi connectivity index (χ3n) is 2.04. The zero-order valence-corrected chi connectivity index (χ0v) is 7.84. The molecule has 1 saturated heterocycles. The summed E-state index contributed by atoms with van der Waals surface area (Å²) in [6, 6.07) is 0. The van der Waals surface area contributed by atoms with E-state index in [1.807, 2.05) is 12.3 Å². The largest absolute Gasteiger partial charge is 0.391 e. The van der Waals surface area contributed by atoms with E-state index in [1.54, 1.807) is 11.3 Å². The van der Waals surface area contributed by atoms with Crippen LogP contribution in [0.1, 0.15) is 12.1 Å². The molecule has 1 fully saturated rings. The lowest BCUT2D eigenvalue weighted by Crippen LogP contribution is -2.20. The van der Waals surface area contributed by atoms with Crippen LogP contribution in [0.2, 0.25) is 0 Å². The Morgan fingerprint density at radius 1 is 1.75 bits per heavy atom. The van der Waals surface area contributed by atoms with Gasteiger partial charge in [-0.2, -0.15) is 0 Å². The van der Waals surface area contributed by atoms with Gasteiger partial charge in [-0.3, -0.25) is 0 Å². The second kappa shape index (κ2) is 3.03. The molecule has 0 bridgehead atoms. The zero-order chi connectivity index (χ0) is 8.55. The number of hydrogen-bond donors (Lipinski definition) is 1. The number of hydrogen-bond acceptors (Lipinski definition) is 4. The van der Waals surface area contributed by atoms with Gasteiger partial charge in [0.2, 0.25) is 0 Å². The number of β-amino-alcohol motifs (C(OH)–C–C–N with tert-alkyl or cyclic N) is 1. The number of anilines is 1. The van der Waals surface area contributed by atoms with E-state index in [1.165, 1.54) is 0 Å². The van der Waals surface area contributed by atoms with Crippen molar-refractivity contribution >= 4 is 16.5 Å². The number of rotatable bonds is 1. The lowest BCUT2D eigenvalue weighted by atomic mass is 10.3. The fraction of sp³-hybridized carbons (Fsp3) is 0.625. The maximum absolute atomic E-state index is 9.30. The molecule has 1 aliphatic heterocycles. The molecule has 1 aromatic heterocycles. The highest BCUT2D eigenvalue weighted by atomic mass is 32.1. The van der Waals surface area contributed by atoms with E-state index >= 15 is 0 Å². The van der Waals surface area contributed by atoms with E-state index in [2.05, 4.69) is 9.88 Å². The number of aliphatic hydroxyl groups excluding tert-OH is 1. The van der Waals surface area contributed by atoms with Gasteiger partial charge in [-0.05, 0) is 13.3 Å². The summed E-state index contributed by atoms with van der Waals surface area (Å²) in [6.45, 7) is 3.67. The fourth-order valence-corrected chi connectivity index (χ4v) is 2.24. The lowest BCUT2D eigenvalue weighted by Gasteiger charge is -2.12. The molecule has 0 aromatic carbocycles. The van der Waals surface area contributed by atoms with Gasteiger partial charge in [-0.15, -0.1) is 11.3 Å². The number of aromatic nitrogens is 1. The second-order valence-corrected chi connectivity index (χ2v) is 4.00. The summed E-state index contributed by atoms with van der Waals surface area (Å²) in [7, 11) is 0. The van der Waals surface area contributed by atoms with Crippen molar-refractivity contribution in [2.45, 2.75) is 19.4 Å². The lowest BCUT2D eigenvalue weighted by molar-refractivity contribution is 0.198. The van der Waals surface area contributed by atoms with Crippen LogP contribution in [0.5, 0.6) is 0 Å². The number of aryl methyl sites for hydroxylation is 1. The van der Waals surface area contributed by atoms with Gasteiger partial charge in [-0.1, -0.05) is 0 Å². The van der Waals surface area contributed by atoms with Gasteiger partial charge in [0.05, 0.1) is 11.8 Å². The summed E-state index contributed by atoms with van der Waals surface area (Å²) < 4.78 is 0. The molecule has 0 amide bonds. The first-order valence-electron chi connectivity index (χ1n) is 4.11. The Morgan fingerprint density at radius 2 is 2.58 bits per heavy atom. The minimum Gasteiger partial charge on any atom is -0.391 e.